The SMILES string of the molecule is Cc1cc(CC(=O)O)ccc1C(=O)OCc1ccccc1. The Bertz CT molecular complexity index is 647. The fourth-order valence-electron chi connectivity index (χ4n) is 2.04. The van der Waals surface area contributed by atoms with Crippen LogP contribution in [0, 0.1) is 6.92 Å². The van der Waals surface area contributed by atoms with Gasteiger partial charge in [0.15, 0.2) is 0 Å². The van der Waals surface area contributed by atoms with E-state index in [9.17, 15) is 9.59 Å². The number of benzene rings is 2. The number of aryl methyl sites for hydroxylation is 1. The summed E-state index contributed by atoms with van der Waals surface area (Å²) in [6.07, 6.45) is -0.0554. The molecule has 0 aromatic heterocycles. The molecule has 2 rings (SSSR count). The van der Waals surface area contributed by atoms with Gasteiger partial charge in [0.2, 0.25) is 0 Å². The molecule has 21 heavy (non-hydrogen) atoms. The zero-order valence-electron chi connectivity index (χ0n) is 11.7. The summed E-state index contributed by atoms with van der Waals surface area (Å²) in [6.45, 7) is 1.99. The van der Waals surface area contributed by atoms with E-state index in [1.54, 1.807) is 25.1 Å². The number of carboxylic acids is 1. The van der Waals surface area contributed by atoms with Crippen LogP contribution in [0.3, 0.4) is 0 Å². The maximum atomic E-state index is 12.0. The second kappa shape index (κ2) is 6.70. The highest BCUT2D eigenvalue weighted by Gasteiger charge is 2.12. The van der Waals surface area contributed by atoms with Crippen molar-refractivity contribution in [2.45, 2.75) is 20.0 Å². The summed E-state index contributed by atoms with van der Waals surface area (Å²) < 4.78 is 5.26. The Balaban J connectivity index is 2.04. The summed E-state index contributed by atoms with van der Waals surface area (Å²) in [7, 11) is 0. The lowest BCUT2D eigenvalue weighted by Gasteiger charge is -2.08. The van der Waals surface area contributed by atoms with Gasteiger partial charge in [0.25, 0.3) is 0 Å². The van der Waals surface area contributed by atoms with E-state index in [2.05, 4.69) is 0 Å². The zero-order chi connectivity index (χ0) is 15.2. The first-order valence-electron chi connectivity index (χ1n) is 6.58. The van der Waals surface area contributed by atoms with E-state index in [4.69, 9.17) is 9.84 Å². The predicted molar refractivity (Wildman–Crippen MR) is 78.1 cm³/mol. The van der Waals surface area contributed by atoms with Gasteiger partial charge in [-0.1, -0.05) is 42.5 Å². The van der Waals surface area contributed by atoms with Crippen LogP contribution in [0.15, 0.2) is 48.5 Å². The highest BCUT2D eigenvalue weighted by molar-refractivity contribution is 5.91. The number of esters is 1. The van der Waals surface area contributed by atoms with Crippen LogP contribution in [0.1, 0.15) is 27.0 Å². The first-order chi connectivity index (χ1) is 10.1. The minimum absolute atomic E-state index is 0.0554. The third kappa shape index (κ3) is 4.18. The maximum absolute atomic E-state index is 12.0. The summed E-state index contributed by atoms with van der Waals surface area (Å²) in [5.41, 5.74) is 2.76. The smallest absolute Gasteiger partial charge is 0.338 e. The fraction of sp³-hybridized carbons (Fsp3) is 0.176. The first-order valence-corrected chi connectivity index (χ1v) is 6.58. The molecule has 0 heterocycles. The summed E-state index contributed by atoms with van der Waals surface area (Å²) >= 11 is 0. The molecule has 0 amide bonds. The Morgan fingerprint density at radius 1 is 1.05 bits per heavy atom. The van der Waals surface area contributed by atoms with Crippen LogP contribution in [0.25, 0.3) is 0 Å². The van der Waals surface area contributed by atoms with Crippen molar-refractivity contribution in [2.24, 2.45) is 0 Å². The van der Waals surface area contributed by atoms with E-state index in [0.717, 1.165) is 5.56 Å². The molecule has 0 saturated carbocycles. The van der Waals surface area contributed by atoms with E-state index in [-0.39, 0.29) is 13.0 Å². The average Bonchev–Trinajstić information content (AvgIpc) is 2.45. The predicted octanol–water partition coefficient (Wildman–Crippen LogP) is 2.98. The van der Waals surface area contributed by atoms with E-state index < -0.39 is 11.9 Å². The van der Waals surface area contributed by atoms with E-state index in [0.29, 0.717) is 16.7 Å². The molecule has 0 saturated heterocycles. The second-order valence-electron chi connectivity index (χ2n) is 4.78. The monoisotopic (exact) mass is 284 g/mol. The lowest BCUT2D eigenvalue weighted by atomic mass is 10.0. The van der Waals surface area contributed by atoms with Crippen LogP contribution in [0.5, 0.6) is 0 Å². The number of carboxylic acid groups (broad SMARTS) is 1. The lowest BCUT2D eigenvalue weighted by Crippen LogP contribution is -2.08. The van der Waals surface area contributed by atoms with E-state index in [1.807, 2.05) is 30.3 Å². The van der Waals surface area contributed by atoms with Gasteiger partial charge in [-0.2, -0.15) is 0 Å². The van der Waals surface area contributed by atoms with Crippen molar-refractivity contribution in [3.63, 3.8) is 0 Å². The van der Waals surface area contributed by atoms with Crippen molar-refractivity contribution in [3.05, 3.63) is 70.8 Å². The summed E-state index contributed by atoms with van der Waals surface area (Å²) in [5, 5.41) is 8.75. The Morgan fingerprint density at radius 3 is 2.38 bits per heavy atom. The molecule has 0 aliphatic carbocycles. The van der Waals surface area contributed by atoms with Crippen molar-refractivity contribution < 1.29 is 19.4 Å². The highest BCUT2D eigenvalue weighted by atomic mass is 16.5. The van der Waals surface area contributed by atoms with Gasteiger partial charge in [-0.05, 0) is 29.7 Å². The van der Waals surface area contributed by atoms with Gasteiger partial charge in [-0.25, -0.2) is 4.79 Å². The van der Waals surface area contributed by atoms with Crippen molar-refractivity contribution >= 4 is 11.9 Å². The molecule has 1 N–H and O–H groups in total. The quantitative estimate of drug-likeness (QED) is 0.857. The third-order valence-electron chi connectivity index (χ3n) is 3.08. The second-order valence-corrected chi connectivity index (χ2v) is 4.78. The number of ether oxygens (including phenoxy) is 1. The molecule has 0 fully saturated rings. The minimum atomic E-state index is -0.895. The van der Waals surface area contributed by atoms with Crippen LogP contribution < -0.4 is 0 Å². The van der Waals surface area contributed by atoms with Crippen LogP contribution in [0.2, 0.25) is 0 Å². The average molecular weight is 284 g/mol. The molecule has 0 spiro atoms. The van der Waals surface area contributed by atoms with Crippen LogP contribution in [0.4, 0.5) is 0 Å². The van der Waals surface area contributed by atoms with Gasteiger partial charge >= 0.3 is 11.9 Å². The number of rotatable bonds is 5. The number of hydrogen-bond acceptors (Lipinski definition) is 3. The molecule has 108 valence electrons. The van der Waals surface area contributed by atoms with Gasteiger partial charge in [0.05, 0.1) is 12.0 Å². The molecular weight excluding hydrogens is 268 g/mol. The van der Waals surface area contributed by atoms with Crippen molar-refractivity contribution in [1.29, 1.82) is 0 Å². The Morgan fingerprint density at radius 2 is 1.76 bits per heavy atom. The first kappa shape index (κ1) is 14.8. The number of carbonyl (C=O) groups is 2. The van der Waals surface area contributed by atoms with Gasteiger partial charge in [0.1, 0.15) is 6.61 Å². The maximum Gasteiger partial charge on any atom is 0.338 e. The molecule has 4 nitrogen and oxygen atoms in total. The van der Waals surface area contributed by atoms with Gasteiger partial charge in [0, 0.05) is 0 Å². The zero-order valence-corrected chi connectivity index (χ0v) is 11.7. The van der Waals surface area contributed by atoms with Crippen molar-refractivity contribution in [3.8, 4) is 0 Å². The van der Waals surface area contributed by atoms with Crippen LogP contribution >= 0.6 is 0 Å². The molecule has 0 bridgehead atoms. The highest BCUT2D eigenvalue weighted by Crippen LogP contribution is 2.14. The molecule has 0 unspecified atom stereocenters. The Hall–Kier alpha value is -2.62. The number of hydrogen-bond donors (Lipinski definition) is 1. The van der Waals surface area contributed by atoms with Crippen molar-refractivity contribution in [2.75, 3.05) is 0 Å². The largest absolute Gasteiger partial charge is 0.481 e. The molecule has 0 aliphatic rings. The Kier molecular flexibility index (Phi) is 4.72. The summed E-state index contributed by atoms with van der Waals surface area (Å²) in [6, 6.07) is 14.4. The van der Waals surface area contributed by atoms with E-state index in [1.165, 1.54) is 0 Å². The topological polar surface area (TPSA) is 63.6 Å². The fourth-order valence-corrected chi connectivity index (χ4v) is 2.04. The Labute approximate surface area is 123 Å². The molecule has 0 aliphatic heterocycles. The molecule has 0 radical (unpaired) electrons. The minimum Gasteiger partial charge on any atom is -0.481 e. The normalized spacial score (nSPS) is 10.1. The van der Waals surface area contributed by atoms with Gasteiger partial charge < -0.3 is 9.84 Å². The summed E-state index contributed by atoms with van der Waals surface area (Å²) in [5.74, 6) is -1.30. The molecule has 2 aromatic rings. The van der Waals surface area contributed by atoms with Crippen LogP contribution in [-0.4, -0.2) is 17.0 Å². The number of carbonyl (C=O) groups excluding carboxylic acids is 1. The molecule has 4 heteroatoms. The van der Waals surface area contributed by atoms with Crippen molar-refractivity contribution in [1.82, 2.24) is 0 Å². The molecule has 0 atom stereocenters. The molecule has 2 aromatic carbocycles. The third-order valence-corrected chi connectivity index (χ3v) is 3.08. The lowest BCUT2D eigenvalue weighted by molar-refractivity contribution is -0.136. The van der Waals surface area contributed by atoms with Crippen LogP contribution in [-0.2, 0) is 22.6 Å². The van der Waals surface area contributed by atoms with E-state index >= 15 is 0 Å². The standard InChI is InChI=1S/C17H16O4/c1-12-9-14(10-16(18)19)7-8-15(12)17(20)21-11-13-5-3-2-4-6-13/h2-9H,10-11H2,1H3,(H,18,19). The molecular formula is C17H16O4. The summed E-state index contributed by atoms with van der Waals surface area (Å²) in [4.78, 5) is 22.7. The van der Waals surface area contributed by atoms with Gasteiger partial charge in [-0.3, -0.25) is 4.79 Å². The number of aliphatic carboxylic acids is 1. The van der Waals surface area contributed by atoms with Gasteiger partial charge in [-0.15, -0.1) is 0 Å².